The van der Waals surface area contributed by atoms with E-state index in [0.29, 0.717) is 48.4 Å². The Morgan fingerprint density at radius 1 is 1.00 bits per heavy atom. The molecule has 3 heterocycles. The second-order valence-corrected chi connectivity index (χ2v) is 8.77. The van der Waals surface area contributed by atoms with E-state index in [-0.39, 0.29) is 23.2 Å². The molecule has 0 unspecified atom stereocenters. The van der Waals surface area contributed by atoms with Crippen LogP contribution in [0, 0.1) is 19.7 Å². The van der Waals surface area contributed by atoms with Crippen LogP contribution in [-0.4, -0.2) is 40.6 Å². The number of nitrogens with zero attached hydrogens (tertiary/aromatic N) is 4. The number of hydrogen-bond acceptors (Lipinski definition) is 4. The van der Waals surface area contributed by atoms with Crippen molar-refractivity contribution in [3.8, 4) is 5.69 Å². The molecule has 0 radical (unpaired) electrons. The van der Waals surface area contributed by atoms with Gasteiger partial charge in [-0.15, -0.1) is 0 Å². The molecule has 174 valence electrons. The zero-order chi connectivity index (χ0) is 24.1. The van der Waals surface area contributed by atoms with Gasteiger partial charge in [-0.25, -0.2) is 9.07 Å². The SMILES string of the molecule is Cc1cc(F)cc(-n2nc(C(N)=O)c3c2C(=O)N(c2ccc(N4CCCC4=O)cc2C)CC3)c1. The molecule has 2 aliphatic heterocycles. The van der Waals surface area contributed by atoms with Gasteiger partial charge in [0.25, 0.3) is 11.8 Å². The second kappa shape index (κ2) is 8.09. The van der Waals surface area contributed by atoms with Gasteiger partial charge in [0.2, 0.25) is 5.91 Å². The second-order valence-electron chi connectivity index (χ2n) is 8.77. The van der Waals surface area contributed by atoms with Crippen LogP contribution in [0.2, 0.25) is 0 Å². The van der Waals surface area contributed by atoms with Crippen molar-refractivity contribution in [3.63, 3.8) is 0 Å². The molecule has 2 aliphatic rings. The molecule has 1 aromatic heterocycles. The highest BCUT2D eigenvalue weighted by atomic mass is 19.1. The summed E-state index contributed by atoms with van der Waals surface area (Å²) in [7, 11) is 0. The van der Waals surface area contributed by atoms with Crippen LogP contribution in [0.4, 0.5) is 15.8 Å². The smallest absolute Gasteiger partial charge is 0.277 e. The molecule has 2 aromatic carbocycles. The molecule has 5 rings (SSSR count). The predicted molar refractivity (Wildman–Crippen MR) is 125 cm³/mol. The number of rotatable bonds is 4. The lowest BCUT2D eigenvalue weighted by Crippen LogP contribution is -2.39. The molecule has 3 aromatic rings. The summed E-state index contributed by atoms with van der Waals surface area (Å²) in [4.78, 5) is 41.3. The zero-order valence-electron chi connectivity index (χ0n) is 19.0. The van der Waals surface area contributed by atoms with Crippen molar-refractivity contribution >= 4 is 29.1 Å². The fraction of sp³-hybridized carbons (Fsp3) is 0.280. The van der Waals surface area contributed by atoms with Crippen LogP contribution < -0.4 is 15.5 Å². The molecule has 34 heavy (non-hydrogen) atoms. The standard InChI is InChI=1S/C25H24FN5O3/c1-14-10-16(26)13-18(11-14)31-23-19(22(28-31)24(27)33)7-9-30(25(23)34)20-6-5-17(12-15(20)2)29-8-3-4-21(29)32/h5-6,10-13H,3-4,7-9H2,1-2H3,(H2,27,33). The molecular formula is C25H24FN5O3. The van der Waals surface area contributed by atoms with E-state index < -0.39 is 11.7 Å². The van der Waals surface area contributed by atoms with Crippen molar-refractivity contribution in [3.05, 3.63) is 70.3 Å². The lowest BCUT2D eigenvalue weighted by atomic mass is 10.0. The highest BCUT2D eigenvalue weighted by Crippen LogP contribution is 2.33. The van der Waals surface area contributed by atoms with Gasteiger partial charge >= 0.3 is 0 Å². The fourth-order valence-corrected chi connectivity index (χ4v) is 4.85. The van der Waals surface area contributed by atoms with Crippen LogP contribution in [0.5, 0.6) is 0 Å². The Balaban J connectivity index is 1.57. The summed E-state index contributed by atoms with van der Waals surface area (Å²) < 4.78 is 15.5. The molecule has 3 amide bonds. The Bertz CT molecular complexity index is 1340. The largest absolute Gasteiger partial charge is 0.364 e. The zero-order valence-corrected chi connectivity index (χ0v) is 19.0. The van der Waals surface area contributed by atoms with Crippen molar-refractivity contribution in [1.29, 1.82) is 0 Å². The summed E-state index contributed by atoms with van der Waals surface area (Å²) in [5.41, 5.74) is 9.58. The number of benzene rings is 2. The minimum atomic E-state index is -0.736. The number of hydrogen-bond donors (Lipinski definition) is 1. The van der Waals surface area contributed by atoms with Gasteiger partial charge in [-0.1, -0.05) is 0 Å². The monoisotopic (exact) mass is 461 g/mol. The molecule has 1 fully saturated rings. The van der Waals surface area contributed by atoms with Crippen molar-refractivity contribution in [2.75, 3.05) is 22.9 Å². The van der Waals surface area contributed by atoms with Crippen LogP contribution in [0.25, 0.3) is 5.69 Å². The summed E-state index contributed by atoms with van der Waals surface area (Å²) in [6, 6.07) is 9.92. The van der Waals surface area contributed by atoms with E-state index >= 15 is 0 Å². The Labute approximate surface area is 195 Å². The summed E-state index contributed by atoms with van der Waals surface area (Å²) in [5.74, 6) is -1.46. The number of aryl methyl sites for hydroxylation is 2. The molecule has 0 spiro atoms. The molecule has 0 bridgehead atoms. The van der Waals surface area contributed by atoms with Gasteiger partial charge in [-0.05, 0) is 74.2 Å². The summed E-state index contributed by atoms with van der Waals surface area (Å²) >= 11 is 0. The van der Waals surface area contributed by atoms with Crippen LogP contribution in [0.3, 0.4) is 0 Å². The lowest BCUT2D eigenvalue weighted by Gasteiger charge is -2.29. The van der Waals surface area contributed by atoms with E-state index in [2.05, 4.69) is 5.10 Å². The Kier molecular flexibility index (Phi) is 5.19. The highest BCUT2D eigenvalue weighted by Gasteiger charge is 2.35. The molecule has 9 heteroatoms. The van der Waals surface area contributed by atoms with Crippen LogP contribution in [-0.2, 0) is 11.2 Å². The summed E-state index contributed by atoms with van der Waals surface area (Å²) in [6.45, 7) is 4.65. The summed E-state index contributed by atoms with van der Waals surface area (Å²) in [6.07, 6.45) is 1.75. The first kappa shape index (κ1) is 21.8. The molecular weight excluding hydrogens is 437 g/mol. The number of anilines is 2. The van der Waals surface area contributed by atoms with Gasteiger partial charge in [0, 0.05) is 36.4 Å². The summed E-state index contributed by atoms with van der Waals surface area (Å²) in [5, 5.41) is 4.30. The third kappa shape index (κ3) is 3.53. The number of halogens is 1. The van der Waals surface area contributed by atoms with Gasteiger partial charge in [0.1, 0.15) is 11.5 Å². The van der Waals surface area contributed by atoms with E-state index in [1.165, 1.54) is 16.8 Å². The first-order valence-corrected chi connectivity index (χ1v) is 11.2. The van der Waals surface area contributed by atoms with E-state index in [0.717, 1.165) is 17.7 Å². The van der Waals surface area contributed by atoms with E-state index in [4.69, 9.17) is 5.73 Å². The fourth-order valence-electron chi connectivity index (χ4n) is 4.85. The maximum Gasteiger partial charge on any atom is 0.277 e. The molecule has 0 atom stereocenters. The highest BCUT2D eigenvalue weighted by molar-refractivity contribution is 6.10. The number of aromatic nitrogens is 2. The molecule has 0 saturated carbocycles. The predicted octanol–water partition coefficient (Wildman–Crippen LogP) is 3.06. The van der Waals surface area contributed by atoms with Gasteiger partial charge in [-0.2, -0.15) is 5.10 Å². The van der Waals surface area contributed by atoms with E-state index in [9.17, 15) is 18.8 Å². The topological polar surface area (TPSA) is 102 Å². The van der Waals surface area contributed by atoms with E-state index in [1.54, 1.807) is 22.8 Å². The quantitative estimate of drug-likeness (QED) is 0.645. The van der Waals surface area contributed by atoms with Gasteiger partial charge < -0.3 is 15.5 Å². The van der Waals surface area contributed by atoms with Crippen LogP contribution in [0.1, 0.15) is 50.5 Å². The molecule has 2 N–H and O–H groups in total. The average molecular weight is 461 g/mol. The Morgan fingerprint density at radius 2 is 1.79 bits per heavy atom. The minimum Gasteiger partial charge on any atom is -0.364 e. The van der Waals surface area contributed by atoms with Crippen molar-refractivity contribution < 1.29 is 18.8 Å². The number of carbonyl (C=O) groups excluding carboxylic acids is 3. The first-order chi connectivity index (χ1) is 16.2. The third-order valence-electron chi connectivity index (χ3n) is 6.38. The van der Waals surface area contributed by atoms with Crippen LogP contribution >= 0.6 is 0 Å². The molecule has 0 aliphatic carbocycles. The first-order valence-electron chi connectivity index (χ1n) is 11.2. The maximum absolute atomic E-state index is 14.1. The minimum absolute atomic E-state index is 0.0181. The number of fused-ring (bicyclic) bond motifs is 1. The number of carbonyl (C=O) groups is 3. The normalized spacial score (nSPS) is 15.7. The molecule has 1 saturated heterocycles. The number of amides is 3. The van der Waals surface area contributed by atoms with Gasteiger partial charge in [0.05, 0.1) is 5.69 Å². The van der Waals surface area contributed by atoms with Gasteiger partial charge in [-0.3, -0.25) is 14.4 Å². The van der Waals surface area contributed by atoms with Crippen molar-refractivity contribution in [2.45, 2.75) is 33.1 Å². The Morgan fingerprint density at radius 3 is 2.44 bits per heavy atom. The van der Waals surface area contributed by atoms with Crippen molar-refractivity contribution in [1.82, 2.24) is 9.78 Å². The lowest BCUT2D eigenvalue weighted by molar-refractivity contribution is -0.117. The average Bonchev–Trinajstić information content (AvgIpc) is 3.38. The Hall–Kier alpha value is -4.01. The number of nitrogens with two attached hydrogens (primary N) is 1. The maximum atomic E-state index is 14.1. The molecule has 8 nitrogen and oxygen atoms in total. The number of primary amides is 1. The van der Waals surface area contributed by atoms with Crippen LogP contribution in [0.15, 0.2) is 36.4 Å². The third-order valence-corrected chi connectivity index (χ3v) is 6.38. The van der Waals surface area contributed by atoms with Gasteiger partial charge in [0.15, 0.2) is 5.69 Å². The van der Waals surface area contributed by atoms with E-state index in [1.807, 2.05) is 25.1 Å². The van der Waals surface area contributed by atoms with Crippen molar-refractivity contribution in [2.24, 2.45) is 5.73 Å².